The average Bonchev–Trinajstić information content (AvgIpc) is 2.60. The quantitative estimate of drug-likeness (QED) is 0.600. The van der Waals surface area contributed by atoms with Crippen LogP contribution >= 0.6 is 0 Å². The predicted octanol–water partition coefficient (Wildman–Crippen LogP) is 0.655. The molecule has 6 nitrogen and oxygen atoms in total. The van der Waals surface area contributed by atoms with E-state index in [1.165, 1.54) is 12.1 Å². The Kier molecular flexibility index (Phi) is 3.73. The molecule has 0 aliphatic heterocycles. The molecule has 0 bridgehead atoms. The first-order valence-corrected chi connectivity index (χ1v) is 4.45. The molecule has 6 heteroatoms. The Labute approximate surface area is 86.1 Å². The fourth-order valence-electron chi connectivity index (χ4n) is 1.02. The van der Waals surface area contributed by atoms with Gasteiger partial charge in [0.1, 0.15) is 0 Å². The summed E-state index contributed by atoms with van der Waals surface area (Å²) in [5, 5.41) is 11.4. The molecule has 0 atom stereocenters. The van der Waals surface area contributed by atoms with E-state index in [-0.39, 0.29) is 11.7 Å². The van der Waals surface area contributed by atoms with Gasteiger partial charge in [-0.25, -0.2) is 4.79 Å². The monoisotopic (exact) mass is 212 g/mol. The molecule has 15 heavy (non-hydrogen) atoms. The Bertz CT molecular complexity index is 359. The van der Waals surface area contributed by atoms with Gasteiger partial charge in [0.2, 0.25) is 11.7 Å². The molecule has 0 radical (unpaired) electrons. The number of hydrogen-bond acceptors (Lipinski definition) is 4. The van der Waals surface area contributed by atoms with Gasteiger partial charge in [-0.2, -0.15) is 0 Å². The first-order chi connectivity index (χ1) is 7.09. The van der Waals surface area contributed by atoms with E-state index in [0.29, 0.717) is 25.3 Å². The Hall–Kier alpha value is -1.98. The van der Waals surface area contributed by atoms with Gasteiger partial charge in [-0.3, -0.25) is 4.79 Å². The Balaban J connectivity index is 2.31. The SMILES string of the molecule is NC(=O)CCCNc1ccc(C(=O)O)o1. The van der Waals surface area contributed by atoms with Gasteiger partial charge < -0.3 is 20.6 Å². The normalized spacial score (nSPS) is 9.87. The smallest absolute Gasteiger partial charge is 0.371 e. The predicted molar refractivity (Wildman–Crippen MR) is 52.6 cm³/mol. The van der Waals surface area contributed by atoms with Crippen LogP contribution < -0.4 is 11.1 Å². The van der Waals surface area contributed by atoms with E-state index in [9.17, 15) is 9.59 Å². The summed E-state index contributed by atoms with van der Waals surface area (Å²) in [5.74, 6) is -1.22. The zero-order valence-corrected chi connectivity index (χ0v) is 8.03. The third kappa shape index (κ3) is 3.72. The molecule has 0 aromatic carbocycles. The summed E-state index contributed by atoms with van der Waals surface area (Å²) in [6.45, 7) is 0.509. The highest BCUT2D eigenvalue weighted by Gasteiger charge is 2.07. The molecule has 0 aliphatic rings. The zero-order valence-electron chi connectivity index (χ0n) is 8.03. The summed E-state index contributed by atoms with van der Waals surface area (Å²) in [7, 11) is 0. The number of carboxylic acid groups (broad SMARTS) is 1. The van der Waals surface area contributed by atoms with Gasteiger partial charge in [0.05, 0.1) is 0 Å². The van der Waals surface area contributed by atoms with Crippen LogP contribution in [-0.4, -0.2) is 23.5 Å². The molecule has 0 spiro atoms. The fourth-order valence-corrected chi connectivity index (χ4v) is 1.02. The van der Waals surface area contributed by atoms with E-state index in [2.05, 4.69) is 5.32 Å². The van der Waals surface area contributed by atoms with Crippen molar-refractivity contribution in [1.82, 2.24) is 0 Å². The van der Waals surface area contributed by atoms with E-state index in [4.69, 9.17) is 15.3 Å². The van der Waals surface area contributed by atoms with Gasteiger partial charge in [0, 0.05) is 19.0 Å². The maximum atomic E-state index is 10.5. The number of nitrogens with two attached hydrogens (primary N) is 1. The summed E-state index contributed by atoms with van der Waals surface area (Å²) < 4.78 is 4.93. The molecule has 0 unspecified atom stereocenters. The number of carbonyl (C=O) groups excluding carboxylic acids is 1. The molecule has 0 aliphatic carbocycles. The maximum absolute atomic E-state index is 10.5. The second-order valence-electron chi connectivity index (χ2n) is 2.97. The van der Waals surface area contributed by atoms with Crippen molar-refractivity contribution in [2.24, 2.45) is 5.73 Å². The second-order valence-corrected chi connectivity index (χ2v) is 2.97. The van der Waals surface area contributed by atoms with Crippen molar-refractivity contribution in [2.45, 2.75) is 12.8 Å². The molecule has 82 valence electrons. The molecule has 4 N–H and O–H groups in total. The van der Waals surface area contributed by atoms with E-state index < -0.39 is 5.97 Å². The highest BCUT2D eigenvalue weighted by atomic mass is 16.4. The Morgan fingerprint density at radius 3 is 2.73 bits per heavy atom. The van der Waals surface area contributed by atoms with Crippen molar-refractivity contribution in [3.05, 3.63) is 17.9 Å². The van der Waals surface area contributed by atoms with Gasteiger partial charge in [-0.05, 0) is 12.5 Å². The van der Waals surface area contributed by atoms with Crippen LogP contribution in [0.3, 0.4) is 0 Å². The van der Waals surface area contributed by atoms with Crippen LogP contribution in [0.1, 0.15) is 23.4 Å². The molecular weight excluding hydrogens is 200 g/mol. The molecule has 0 saturated heterocycles. The topological polar surface area (TPSA) is 106 Å². The Morgan fingerprint density at radius 1 is 1.47 bits per heavy atom. The maximum Gasteiger partial charge on any atom is 0.371 e. The van der Waals surface area contributed by atoms with Crippen molar-refractivity contribution >= 4 is 17.8 Å². The molecule has 1 heterocycles. The summed E-state index contributed by atoms with van der Waals surface area (Å²) in [6.07, 6.45) is 0.873. The molecule has 1 aromatic rings. The number of hydrogen-bond donors (Lipinski definition) is 3. The van der Waals surface area contributed by atoms with Crippen LogP contribution in [0.2, 0.25) is 0 Å². The molecule has 0 saturated carbocycles. The molecular formula is C9H12N2O4. The van der Waals surface area contributed by atoms with Crippen LogP contribution in [0.15, 0.2) is 16.5 Å². The third-order valence-electron chi connectivity index (χ3n) is 1.72. The Morgan fingerprint density at radius 2 is 2.20 bits per heavy atom. The highest BCUT2D eigenvalue weighted by molar-refractivity contribution is 5.84. The lowest BCUT2D eigenvalue weighted by Gasteiger charge is -2.00. The lowest BCUT2D eigenvalue weighted by Crippen LogP contribution is -2.12. The van der Waals surface area contributed by atoms with Crippen molar-refractivity contribution in [3.63, 3.8) is 0 Å². The second kappa shape index (κ2) is 5.04. The largest absolute Gasteiger partial charge is 0.475 e. The van der Waals surface area contributed by atoms with Crippen molar-refractivity contribution in [1.29, 1.82) is 0 Å². The number of amides is 1. The number of anilines is 1. The van der Waals surface area contributed by atoms with E-state index in [1.807, 2.05) is 0 Å². The first-order valence-electron chi connectivity index (χ1n) is 4.45. The van der Waals surface area contributed by atoms with Crippen molar-refractivity contribution in [2.75, 3.05) is 11.9 Å². The van der Waals surface area contributed by atoms with Crippen LogP contribution in [0.4, 0.5) is 5.88 Å². The number of carboxylic acids is 1. The lowest BCUT2D eigenvalue weighted by atomic mass is 10.3. The minimum atomic E-state index is -1.11. The number of rotatable bonds is 6. The number of primary amides is 1. The minimum Gasteiger partial charge on any atom is -0.475 e. The highest BCUT2D eigenvalue weighted by Crippen LogP contribution is 2.12. The van der Waals surface area contributed by atoms with Gasteiger partial charge in [-0.1, -0.05) is 0 Å². The van der Waals surface area contributed by atoms with Crippen LogP contribution in [0.25, 0.3) is 0 Å². The number of aromatic carboxylic acids is 1. The van der Waals surface area contributed by atoms with E-state index >= 15 is 0 Å². The molecule has 1 aromatic heterocycles. The number of carbonyl (C=O) groups is 2. The minimum absolute atomic E-state index is 0.118. The average molecular weight is 212 g/mol. The van der Waals surface area contributed by atoms with Crippen molar-refractivity contribution < 1.29 is 19.1 Å². The standard InChI is InChI=1S/C9H12N2O4/c10-7(12)2-1-5-11-8-4-3-6(15-8)9(13)14/h3-4,11H,1-2,5H2,(H2,10,12)(H,13,14). The number of nitrogens with one attached hydrogen (secondary N) is 1. The van der Waals surface area contributed by atoms with E-state index in [0.717, 1.165) is 0 Å². The molecule has 0 fully saturated rings. The summed E-state index contributed by atoms with van der Waals surface area (Å²) in [4.78, 5) is 20.8. The summed E-state index contributed by atoms with van der Waals surface area (Å²) in [6, 6.07) is 2.88. The van der Waals surface area contributed by atoms with Gasteiger partial charge in [0.15, 0.2) is 5.88 Å². The van der Waals surface area contributed by atoms with Crippen LogP contribution in [-0.2, 0) is 4.79 Å². The fraction of sp³-hybridized carbons (Fsp3) is 0.333. The molecule has 1 amide bonds. The summed E-state index contributed by atoms with van der Waals surface area (Å²) >= 11 is 0. The first kappa shape index (κ1) is 11.1. The zero-order chi connectivity index (χ0) is 11.3. The summed E-state index contributed by atoms with van der Waals surface area (Å²) in [5.41, 5.74) is 4.95. The third-order valence-corrected chi connectivity index (χ3v) is 1.72. The van der Waals surface area contributed by atoms with Crippen LogP contribution in [0, 0.1) is 0 Å². The van der Waals surface area contributed by atoms with Crippen LogP contribution in [0.5, 0.6) is 0 Å². The number of furan rings is 1. The van der Waals surface area contributed by atoms with Gasteiger partial charge in [-0.15, -0.1) is 0 Å². The van der Waals surface area contributed by atoms with Gasteiger partial charge >= 0.3 is 5.97 Å². The van der Waals surface area contributed by atoms with Crippen molar-refractivity contribution in [3.8, 4) is 0 Å². The van der Waals surface area contributed by atoms with Gasteiger partial charge in [0.25, 0.3) is 0 Å². The van der Waals surface area contributed by atoms with E-state index in [1.54, 1.807) is 0 Å². The lowest BCUT2D eigenvalue weighted by molar-refractivity contribution is -0.118. The molecule has 1 rings (SSSR count).